The smallest absolute Gasteiger partial charge is 0.406 e. The number of primary amides is 1. The summed E-state index contributed by atoms with van der Waals surface area (Å²) >= 11 is 0. The third kappa shape index (κ3) is 4.46. The molecule has 7 heteroatoms. The molecule has 0 saturated carbocycles. The topological polar surface area (TPSA) is 68.1 Å². The van der Waals surface area contributed by atoms with Gasteiger partial charge in [-0.3, -0.25) is 4.79 Å². The number of hydrogen-bond donors (Lipinski definition) is 2. The van der Waals surface area contributed by atoms with Crippen LogP contribution < -0.4 is 10.5 Å². The van der Waals surface area contributed by atoms with Crippen molar-refractivity contribution in [3.8, 4) is 16.9 Å². The highest BCUT2D eigenvalue weighted by Crippen LogP contribution is 2.38. The van der Waals surface area contributed by atoms with Crippen LogP contribution in [0.4, 0.5) is 13.2 Å². The molecule has 1 amide bonds. The van der Waals surface area contributed by atoms with Crippen molar-refractivity contribution >= 4 is 16.8 Å². The summed E-state index contributed by atoms with van der Waals surface area (Å²) in [6, 6.07) is 21.2. The van der Waals surface area contributed by atoms with Crippen molar-refractivity contribution in [1.29, 1.82) is 0 Å². The van der Waals surface area contributed by atoms with Gasteiger partial charge in [-0.15, -0.1) is 13.2 Å². The molecule has 1 unspecified atom stereocenters. The standard InChI is InChI=1S/C25H21F3N2O2/c1-15(13-16-7-6-8-17(14-16)32-25(26,27)28)18-9-2-3-10-19(18)22-20-11-4-5-12-21(20)30-23(22)24(29)31/h2-12,14-15,30H,13H2,1H3,(H2,29,31). The van der Waals surface area contributed by atoms with Crippen LogP contribution in [0.5, 0.6) is 5.75 Å². The Bertz CT molecular complexity index is 1280. The molecular formula is C25H21F3N2O2. The first-order chi connectivity index (χ1) is 15.2. The molecule has 1 atom stereocenters. The number of nitrogens with two attached hydrogens (primary N) is 1. The van der Waals surface area contributed by atoms with Crippen LogP contribution in [-0.4, -0.2) is 17.3 Å². The van der Waals surface area contributed by atoms with E-state index < -0.39 is 12.3 Å². The molecule has 32 heavy (non-hydrogen) atoms. The molecule has 0 aliphatic heterocycles. The van der Waals surface area contributed by atoms with Crippen molar-refractivity contribution in [2.24, 2.45) is 5.73 Å². The summed E-state index contributed by atoms with van der Waals surface area (Å²) in [5.74, 6) is -0.861. The number of aromatic amines is 1. The first-order valence-electron chi connectivity index (χ1n) is 10.1. The number of H-pyrrole nitrogens is 1. The van der Waals surface area contributed by atoms with Gasteiger partial charge < -0.3 is 15.5 Å². The molecule has 0 aliphatic rings. The number of halogens is 3. The molecule has 0 aliphatic carbocycles. The third-order valence-electron chi connectivity index (χ3n) is 5.39. The number of fused-ring (bicyclic) bond motifs is 1. The molecule has 0 radical (unpaired) electrons. The SMILES string of the molecule is CC(Cc1cccc(OC(F)(F)F)c1)c1ccccc1-c1c(C(N)=O)[nH]c2ccccc12. The summed E-state index contributed by atoms with van der Waals surface area (Å²) < 4.78 is 41.8. The van der Waals surface area contributed by atoms with Gasteiger partial charge in [-0.2, -0.15) is 0 Å². The summed E-state index contributed by atoms with van der Waals surface area (Å²) in [6.07, 6.45) is -4.25. The molecule has 0 saturated heterocycles. The van der Waals surface area contributed by atoms with E-state index in [-0.39, 0.29) is 11.7 Å². The monoisotopic (exact) mass is 438 g/mol. The van der Waals surface area contributed by atoms with E-state index in [1.165, 1.54) is 12.1 Å². The second-order valence-electron chi connectivity index (χ2n) is 7.67. The highest BCUT2D eigenvalue weighted by atomic mass is 19.4. The zero-order valence-electron chi connectivity index (χ0n) is 17.2. The fraction of sp³-hybridized carbons (Fsp3) is 0.160. The Morgan fingerprint density at radius 2 is 1.75 bits per heavy atom. The van der Waals surface area contributed by atoms with Crippen molar-refractivity contribution in [2.45, 2.75) is 25.6 Å². The van der Waals surface area contributed by atoms with Crippen LogP contribution in [0.2, 0.25) is 0 Å². The van der Waals surface area contributed by atoms with E-state index >= 15 is 0 Å². The number of hydrogen-bond acceptors (Lipinski definition) is 2. The highest BCUT2D eigenvalue weighted by Gasteiger charge is 2.31. The number of carbonyl (C=O) groups excluding carboxylic acids is 1. The Balaban J connectivity index is 1.73. The van der Waals surface area contributed by atoms with E-state index in [0.29, 0.717) is 17.7 Å². The van der Waals surface area contributed by atoms with Gasteiger partial charge >= 0.3 is 6.36 Å². The van der Waals surface area contributed by atoms with Gasteiger partial charge in [0, 0.05) is 16.5 Å². The Morgan fingerprint density at radius 1 is 1.03 bits per heavy atom. The molecule has 4 rings (SSSR count). The molecular weight excluding hydrogens is 417 g/mol. The van der Waals surface area contributed by atoms with Crippen LogP contribution in [0.25, 0.3) is 22.0 Å². The van der Waals surface area contributed by atoms with Gasteiger partial charge in [-0.1, -0.05) is 61.5 Å². The van der Waals surface area contributed by atoms with Crippen LogP contribution in [0.1, 0.15) is 34.5 Å². The maximum atomic E-state index is 12.6. The van der Waals surface area contributed by atoms with Gasteiger partial charge in [0.1, 0.15) is 11.4 Å². The number of nitrogens with one attached hydrogen (secondary N) is 1. The van der Waals surface area contributed by atoms with Crippen molar-refractivity contribution < 1.29 is 22.7 Å². The second-order valence-corrected chi connectivity index (χ2v) is 7.67. The number of amides is 1. The predicted molar refractivity (Wildman–Crippen MR) is 117 cm³/mol. The first-order valence-corrected chi connectivity index (χ1v) is 10.1. The number of alkyl halides is 3. The van der Waals surface area contributed by atoms with Gasteiger partial charge in [-0.05, 0) is 47.2 Å². The van der Waals surface area contributed by atoms with E-state index in [9.17, 15) is 18.0 Å². The molecule has 4 nitrogen and oxygen atoms in total. The third-order valence-corrected chi connectivity index (χ3v) is 5.39. The lowest BCUT2D eigenvalue weighted by Crippen LogP contribution is -2.17. The zero-order chi connectivity index (χ0) is 22.9. The number of benzene rings is 3. The number of carbonyl (C=O) groups is 1. The van der Waals surface area contributed by atoms with Crippen molar-refractivity contribution in [2.75, 3.05) is 0 Å². The van der Waals surface area contributed by atoms with Crippen LogP contribution in [0, 0.1) is 0 Å². The number of para-hydroxylation sites is 1. The van der Waals surface area contributed by atoms with Gasteiger partial charge in [0.15, 0.2) is 0 Å². The average molecular weight is 438 g/mol. The van der Waals surface area contributed by atoms with Gasteiger partial charge in [0.25, 0.3) is 5.91 Å². The molecule has 0 fully saturated rings. The van der Waals surface area contributed by atoms with Gasteiger partial charge in [-0.25, -0.2) is 0 Å². The van der Waals surface area contributed by atoms with E-state index in [0.717, 1.165) is 27.6 Å². The first kappa shape index (κ1) is 21.5. The molecule has 1 heterocycles. The van der Waals surface area contributed by atoms with Crippen molar-refractivity contribution in [3.05, 3.63) is 89.6 Å². The summed E-state index contributed by atoms with van der Waals surface area (Å²) in [5, 5.41) is 0.876. The molecule has 1 aromatic heterocycles. The Morgan fingerprint density at radius 3 is 2.50 bits per heavy atom. The second kappa shape index (κ2) is 8.42. The largest absolute Gasteiger partial charge is 0.573 e. The maximum absolute atomic E-state index is 12.6. The van der Waals surface area contributed by atoms with E-state index in [1.54, 1.807) is 12.1 Å². The molecule has 164 valence electrons. The number of rotatable bonds is 6. The van der Waals surface area contributed by atoms with Crippen LogP contribution in [-0.2, 0) is 6.42 Å². The molecule has 0 spiro atoms. The van der Waals surface area contributed by atoms with E-state index in [4.69, 9.17) is 5.73 Å². The van der Waals surface area contributed by atoms with Crippen molar-refractivity contribution in [1.82, 2.24) is 4.98 Å². The lowest BCUT2D eigenvalue weighted by atomic mass is 9.86. The van der Waals surface area contributed by atoms with E-state index in [1.807, 2.05) is 55.5 Å². The van der Waals surface area contributed by atoms with Crippen LogP contribution in [0.3, 0.4) is 0 Å². The van der Waals surface area contributed by atoms with Gasteiger partial charge in [0.05, 0.1) is 0 Å². The average Bonchev–Trinajstić information content (AvgIpc) is 3.12. The number of aromatic nitrogens is 1. The molecule has 3 N–H and O–H groups in total. The summed E-state index contributed by atoms with van der Waals surface area (Å²) in [5.41, 5.74) is 10.0. The minimum Gasteiger partial charge on any atom is -0.406 e. The van der Waals surface area contributed by atoms with Crippen LogP contribution in [0.15, 0.2) is 72.8 Å². The Hall–Kier alpha value is -3.74. The Labute approximate surface area is 182 Å². The fourth-order valence-electron chi connectivity index (χ4n) is 4.09. The van der Waals surface area contributed by atoms with Crippen molar-refractivity contribution in [3.63, 3.8) is 0 Å². The summed E-state index contributed by atoms with van der Waals surface area (Å²) in [6.45, 7) is 1.99. The molecule has 0 bridgehead atoms. The van der Waals surface area contributed by atoms with Crippen LogP contribution >= 0.6 is 0 Å². The summed E-state index contributed by atoms with van der Waals surface area (Å²) in [7, 11) is 0. The van der Waals surface area contributed by atoms with Gasteiger partial charge in [0.2, 0.25) is 0 Å². The lowest BCUT2D eigenvalue weighted by Gasteiger charge is -2.18. The minimum absolute atomic E-state index is 0.0540. The lowest BCUT2D eigenvalue weighted by molar-refractivity contribution is -0.274. The zero-order valence-corrected chi connectivity index (χ0v) is 17.2. The number of ether oxygens (including phenoxy) is 1. The molecule has 4 aromatic rings. The predicted octanol–water partition coefficient (Wildman–Crippen LogP) is 6.18. The highest BCUT2D eigenvalue weighted by molar-refractivity contribution is 6.09. The van der Waals surface area contributed by atoms with E-state index in [2.05, 4.69) is 9.72 Å². The normalized spacial score (nSPS) is 12.6. The summed E-state index contributed by atoms with van der Waals surface area (Å²) in [4.78, 5) is 15.3. The maximum Gasteiger partial charge on any atom is 0.573 e. The quantitative estimate of drug-likeness (QED) is 0.378. The fourth-order valence-corrected chi connectivity index (χ4v) is 4.09. The molecule has 3 aromatic carbocycles. The Kier molecular flexibility index (Phi) is 5.65. The minimum atomic E-state index is -4.74.